The van der Waals surface area contributed by atoms with E-state index in [4.69, 9.17) is 9.97 Å². The summed E-state index contributed by atoms with van der Waals surface area (Å²) < 4.78 is 1.64. The van der Waals surface area contributed by atoms with Gasteiger partial charge in [0.05, 0.1) is 18.2 Å². The van der Waals surface area contributed by atoms with Crippen LogP contribution in [0.25, 0.3) is 0 Å². The monoisotopic (exact) mass is 444 g/mol. The quantitative estimate of drug-likeness (QED) is 0.604. The summed E-state index contributed by atoms with van der Waals surface area (Å²) in [5, 5.41) is 4.12. The van der Waals surface area contributed by atoms with Gasteiger partial charge < -0.3 is 4.90 Å². The van der Waals surface area contributed by atoms with Crippen molar-refractivity contribution in [3.05, 3.63) is 70.9 Å². The van der Waals surface area contributed by atoms with Gasteiger partial charge in [-0.2, -0.15) is 5.10 Å². The van der Waals surface area contributed by atoms with Crippen molar-refractivity contribution in [2.45, 2.75) is 38.5 Å². The number of anilines is 1. The topological polar surface area (TPSA) is 84.2 Å². The van der Waals surface area contributed by atoms with Crippen molar-refractivity contribution >= 4 is 17.6 Å². The van der Waals surface area contributed by atoms with Gasteiger partial charge in [-0.25, -0.2) is 9.97 Å². The summed E-state index contributed by atoms with van der Waals surface area (Å²) in [6.45, 7) is 3.85. The second-order valence-electron chi connectivity index (χ2n) is 8.92. The van der Waals surface area contributed by atoms with Crippen LogP contribution in [-0.2, 0) is 24.7 Å². The Morgan fingerprint density at radius 3 is 2.76 bits per heavy atom. The molecule has 4 heterocycles. The van der Waals surface area contributed by atoms with Gasteiger partial charge in [0.15, 0.2) is 0 Å². The molecule has 2 amide bonds. The lowest BCUT2D eigenvalue weighted by Crippen LogP contribution is -2.39. The van der Waals surface area contributed by atoms with Crippen LogP contribution in [0.1, 0.15) is 51.8 Å². The van der Waals surface area contributed by atoms with Gasteiger partial charge in [0.25, 0.3) is 5.91 Å². The van der Waals surface area contributed by atoms with Crippen molar-refractivity contribution in [3.8, 4) is 0 Å². The third kappa shape index (κ3) is 4.25. The molecule has 2 aliphatic rings. The number of carbonyl (C=O) groups excluding carboxylic acids is 2. The van der Waals surface area contributed by atoms with Crippen molar-refractivity contribution in [1.29, 1.82) is 0 Å². The number of hydrogen-bond acceptors (Lipinski definition) is 5. The van der Waals surface area contributed by atoms with Crippen LogP contribution in [0.2, 0.25) is 0 Å². The smallest absolute Gasteiger partial charge is 0.257 e. The third-order valence-electron chi connectivity index (χ3n) is 6.59. The summed E-state index contributed by atoms with van der Waals surface area (Å²) in [4.78, 5) is 39.1. The molecule has 8 heteroatoms. The molecule has 0 unspecified atom stereocenters. The van der Waals surface area contributed by atoms with E-state index in [1.54, 1.807) is 17.1 Å². The Morgan fingerprint density at radius 2 is 2.00 bits per heavy atom. The summed E-state index contributed by atoms with van der Waals surface area (Å²) >= 11 is 0. The van der Waals surface area contributed by atoms with Crippen molar-refractivity contribution in [2.75, 3.05) is 24.5 Å². The largest absolute Gasteiger partial charge is 0.338 e. The second-order valence-corrected chi connectivity index (χ2v) is 8.92. The van der Waals surface area contributed by atoms with Crippen LogP contribution in [0.4, 0.5) is 5.82 Å². The first kappa shape index (κ1) is 21.3. The lowest BCUT2D eigenvalue weighted by molar-refractivity contribution is -0.117. The van der Waals surface area contributed by atoms with Gasteiger partial charge in [0.1, 0.15) is 11.6 Å². The minimum atomic E-state index is -0.00894. The number of carbonyl (C=O) groups is 2. The van der Waals surface area contributed by atoms with E-state index in [0.717, 1.165) is 48.7 Å². The van der Waals surface area contributed by atoms with Gasteiger partial charge in [-0.05, 0) is 31.7 Å². The van der Waals surface area contributed by atoms with E-state index < -0.39 is 0 Å². The van der Waals surface area contributed by atoms with Gasteiger partial charge in [-0.1, -0.05) is 30.3 Å². The fraction of sp³-hybridized carbons (Fsp3) is 0.400. The molecule has 8 nitrogen and oxygen atoms in total. The summed E-state index contributed by atoms with van der Waals surface area (Å²) in [7, 11) is 1.81. The number of aryl methyl sites for hydroxylation is 2. The van der Waals surface area contributed by atoms with Crippen molar-refractivity contribution in [2.24, 2.45) is 7.05 Å². The molecule has 1 atom stereocenters. The summed E-state index contributed by atoms with van der Waals surface area (Å²) in [6, 6.07) is 10.2. The Hall–Kier alpha value is -3.55. The van der Waals surface area contributed by atoms with Crippen molar-refractivity contribution in [1.82, 2.24) is 24.6 Å². The summed E-state index contributed by atoms with van der Waals surface area (Å²) in [5.41, 5.74) is 3.58. The molecule has 2 aliphatic heterocycles. The van der Waals surface area contributed by atoms with E-state index in [2.05, 4.69) is 17.2 Å². The van der Waals surface area contributed by atoms with Gasteiger partial charge in [-0.15, -0.1) is 0 Å². The summed E-state index contributed by atoms with van der Waals surface area (Å²) in [6.07, 6.45) is 6.31. The minimum Gasteiger partial charge on any atom is -0.338 e. The fourth-order valence-electron chi connectivity index (χ4n) is 4.78. The molecule has 0 aliphatic carbocycles. The van der Waals surface area contributed by atoms with E-state index in [0.29, 0.717) is 25.1 Å². The normalized spacial score (nSPS) is 18.0. The molecule has 0 saturated carbocycles. The predicted molar refractivity (Wildman–Crippen MR) is 124 cm³/mol. The number of rotatable bonds is 5. The highest BCUT2D eigenvalue weighted by atomic mass is 16.2. The van der Waals surface area contributed by atoms with E-state index in [1.807, 2.05) is 42.0 Å². The Kier molecular flexibility index (Phi) is 5.66. The molecule has 0 radical (unpaired) electrons. The molecule has 1 saturated heterocycles. The van der Waals surface area contributed by atoms with E-state index in [-0.39, 0.29) is 17.7 Å². The van der Waals surface area contributed by atoms with Crippen LogP contribution in [0.5, 0.6) is 0 Å². The third-order valence-corrected chi connectivity index (χ3v) is 6.59. The molecular weight excluding hydrogens is 416 g/mol. The van der Waals surface area contributed by atoms with Crippen LogP contribution < -0.4 is 4.90 Å². The zero-order chi connectivity index (χ0) is 22.9. The van der Waals surface area contributed by atoms with Crippen LogP contribution in [-0.4, -0.2) is 56.1 Å². The maximum atomic E-state index is 12.9. The number of amides is 2. The number of aromatic nitrogens is 4. The number of hydrogen-bond donors (Lipinski definition) is 0. The van der Waals surface area contributed by atoms with Gasteiger partial charge in [-0.3, -0.25) is 19.2 Å². The van der Waals surface area contributed by atoms with Crippen molar-refractivity contribution < 1.29 is 9.59 Å². The van der Waals surface area contributed by atoms with E-state index in [9.17, 15) is 9.59 Å². The molecule has 2 aromatic heterocycles. The predicted octanol–water partition coefficient (Wildman–Crippen LogP) is 2.67. The van der Waals surface area contributed by atoms with Crippen LogP contribution in [0, 0.1) is 6.92 Å². The maximum Gasteiger partial charge on any atom is 0.257 e. The molecule has 1 fully saturated rings. The average Bonchev–Trinajstić information content (AvgIpc) is 3.41. The first-order valence-corrected chi connectivity index (χ1v) is 11.5. The number of nitrogens with zero attached hydrogens (tertiary/aromatic N) is 6. The van der Waals surface area contributed by atoms with Crippen molar-refractivity contribution in [3.63, 3.8) is 0 Å². The number of likely N-dealkylation sites (tertiary alicyclic amines) is 1. The Bertz CT molecular complexity index is 1190. The second kappa shape index (κ2) is 8.77. The lowest BCUT2D eigenvalue weighted by Gasteiger charge is -2.32. The Balaban J connectivity index is 1.36. The Labute approximate surface area is 193 Å². The average molecular weight is 445 g/mol. The van der Waals surface area contributed by atoms with E-state index >= 15 is 0 Å². The van der Waals surface area contributed by atoms with E-state index in [1.165, 1.54) is 5.56 Å². The molecule has 0 N–H and O–H groups in total. The summed E-state index contributed by atoms with van der Waals surface area (Å²) in [5.74, 6) is 1.59. The lowest BCUT2D eigenvalue weighted by atomic mass is 9.96. The van der Waals surface area contributed by atoms with Gasteiger partial charge in [0.2, 0.25) is 5.91 Å². The Morgan fingerprint density at radius 1 is 1.18 bits per heavy atom. The zero-order valence-electron chi connectivity index (χ0n) is 19.1. The molecular formula is C25H28N6O2. The number of fused-ring (bicyclic) bond motifs is 1. The molecule has 0 spiro atoms. The highest BCUT2D eigenvalue weighted by molar-refractivity contribution is 6.00. The SMILES string of the molecule is Cc1nc([C@@H]2CCCN(C(=O)c3cnn(C)c3)C2)nc2c1CC(=O)N2CCc1ccccc1. The molecule has 33 heavy (non-hydrogen) atoms. The number of piperidine rings is 1. The minimum absolute atomic E-state index is 0.00894. The standard InChI is InChI=1S/C25H28N6O2/c1-17-21-13-22(32)31(12-10-18-7-4-3-5-8-18)24(21)28-23(27-17)19-9-6-11-30(16-19)25(33)20-14-26-29(2)15-20/h3-5,7-8,14-15,19H,6,9-13,16H2,1-2H3/t19-/m1/s1. The van der Waals surface area contributed by atoms with Gasteiger partial charge >= 0.3 is 0 Å². The van der Waals surface area contributed by atoms with Gasteiger partial charge in [0, 0.05) is 50.1 Å². The first-order valence-electron chi connectivity index (χ1n) is 11.5. The van der Waals surface area contributed by atoms with Crippen LogP contribution >= 0.6 is 0 Å². The zero-order valence-corrected chi connectivity index (χ0v) is 19.1. The highest BCUT2D eigenvalue weighted by Crippen LogP contribution is 2.33. The van der Waals surface area contributed by atoms with Crippen LogP contribution in [0.15, 0.2) is 42.7 Å². The highest BCUT2D eigenvalue weighted by Gasteiger charge is 2.34. The van der Waals surface area contributed by atoms with Crippen LogP contribution in [0.3, 0.4) is 0 Å². The molecule has 170 valence electrons. The molecule has 0 bridgehead atoms. The maximum absolute atomic E-state index is 12.9. The first-order chi connectivity index (χ1) is 16.0. The molecule has 1 aromatic carbocycles. The molecule has 3 aromatic rings. The molecule has 5 rings (SSSR count). The fourth-order valence-corrected chi connectivity index (χ4v) is 4.78. The number of benzene rings is 1.